The Morgan fingerprint density at radius 2 is 2.22 bits per heavy atom. The third-order valence-electron chi connectivity index (χ3n) is 1.09. The first-order valence-corrected chi connectivity index (χ1v) is 4.03. The highest BCUT2D eigenvalue weighted by atomic mass is 32.2. The van der Waals surface area contributed by atoms with Gasteiger partial charge in [0.1, 0.15) is 5.76 Å². The Kier molecular flexibility index (Phi) is 2.19. The predicted molar refractivity (Wildman–Crippen MR) is 40.2 cm³/mol. The third kappa shape index (κ3) is 1.50. The summed E-state index contributed by atoms with van der Waals surface area (Å²) in [7, 11) is 3.36. The first kappa shape index (κ1) is 6.71. The number of methoxy groups -OCH3 is 1. The fourth-order valence-corrected chi connectivity index (χ4v) is 1.64. The van der Waals surface area contributed by atoms with Crippen molar-refractivity contribution < 1.29 is 8.92 Å². The van der Waals surface area contributed by atoms with Gasteiger partial charge >= 0.3 is 0 Å². The molecule has 0 fully saturated rings. The summed E-state index contributed by atoms with van der Waals surface area (Å²) in [4.78, 5) is 0. The van der Waals surface area contributed by atoms with Gasteiger partial charge in [-0.2, -0.15) is 0 Å². The molecule has 0 aromatic heterocycles. The molecular formula is C6H10O2S. The average Bonchev–Trinajstić information content (AvgIpc) is 2.34. The molecule has 0 aromatic carbocycles. The molecule has 9 heavy (non-hydrogen) atoms. The molecule has 0 aliphatic carbocycles. The SMILES string of the molecule is COC1=C[SH](OC)C=C1. The average molecular weight is 146 g/mol. The van der Waals surface area contributed by atoms with E-state index < -0.39 is 11.2 Å². The summed E-state index contributed by atoms with van der Waals surface area (Å²) in [5, 5.41) is 3.99. The highest BCUT2D eigenvalue weighted by molar-refractivity contribution is 8.18. The molecule has 0 N–H and O–H groups in total. The van der Waals surface area contributed by atoms with Crippen LogP contribution in [0.2, 0.25) is 0 Å². The first-order chi connectivity index (χ1) is 4.36. The lowest BCUT2D eigenvalue weighted by atomic mass is 10.6. The quantitative estimate of drug-likeness (QED) is 0.596. The lowest BCUT2D eigenvalue weighted by Crippen LogP contribution is -1.75. The summed E-state index contributed by atoms with van der Waals surface area (Å²) in [6, 6.07) is 0. The van der Waals surface area contributed by atoms with Crippen molar-refractivity contribution in [2.45, 2.75) is 0 Å². The maximum absolute atomic E-state index is 5.06. The van der Waals surface area contributed by atoms with Gasteiger partial charge in [-0.15, -0.1) is 11.2 Å². The van der Waals surface area contributed by atoms with Gasteiger partial charge in [0.15, 0.2) is 0 Å². The van der Waals surface area contributed by atoms with Gasteiger partial charge in [-0.25, -0.2) is 0 Å². The zero-order chi connectivity index (χ0) is 6.69. The van der Waals surface area contributed by atoms with Gasteiger partial charge in [0.05, 0.1) is 7.11 Å². The number of hydrogen-bond acceptors (Lipinski definition) is 2. The van der Waals surface area contributed by atoms with E-state index in [9.17, 15) is 0 Å². The monoisotopic (exact) mass is 146 g/mol. The zero-order valence-electron chi connectivity index (χ0n) is 5.50. The van der Waals surface area contributed by atoms with E-state index in [1.807, 2.05) is 16.9 Å². The van der Waals surface area contributed by atoms with Crippen molar-refractivity contribution in [2.24, 2.45) is 0 Å². The zero-order valence-corrected chi connectivity index (χ0v) is 6.39. The maximum Gasteiger partial charge on any atom is 0.126 e. The van der Waals surface area contributed by atoms with E-state index in [0.29, 0.717) is 0 Å². The Morgan fingerprint density at radius 1 is 1.44 bits per heavy atom. The van der Waals surface area contributed by atoms with Crippen LogP contribution in [-0.2, 0) is 8.92 Å². The van der Waals surface area contributed by atoms with E-state index in [2.05, 4.69) is 0 Å². The van der Waals surface area contributed by atoms with Gasteiger partial charge in [0.25, 0.3) is 0 Å². The molecule has 0 saturated heterocycles. The van der Waals surface area contributed by atoms with Crippen LogP contribution in [0.5, 0.6) is 0 Å². The Morgan fingerprint density at radius 3 is 2.56 bits per heavy atom. The largest absolute Gasteiger partial charge is 0.496 e. The van der Waals surface area contributed by atoms with Crippen molar-refractivity contribution in [1.29, 1.82) is 0 Å². The maximum atomic E-state index is 5.06. The van der Waals surface area contributed by atoms with Crippen molar-refractivity contribution in [3.05, 3.63) is 22.7 Å². The lowest BCUT2D eigenvalue weighted by Gasteiger charge is -2.03. The minimum atomic E-state index is -0.456. The molecule has 1 heterocycles. The van der Waals surface area contributed by atoms with E-state index in [4.69, 9.17) is 8.92 Å². The van der Waals surface area contributed by atoms with Crippen LogP contribution in [-0.4, -0.2) is 14.2 Å². The Hall–Kier alpha value is -0.410. The summed E-state index contributed by atoms with van der Waals surface area (Å²) in [5.41, 5.74) is 0. The van der Waals surface area contributed by atoms with Gasteiger partial charge in [-0.3, -0.25) is 0 Å². The number of ether oxygens (including phenoxy) is 1. The third-order valence-corrected chi connectivity index (χ3v) is 2.46. The molecule has 0 saturated carbocycles. The van der Waals surface area contributed by atoms with Crippen molar-refractivity contribution in [2.75, 3.05) is 14.2 Å². The molecule has 52 valence electrons. The van der Waals surface area contributed by atoms with Crippen LogP contribution < -0.4 is 0 Å². The van der Waals surface area contributed by atoms with Crippen LogP contribution in [0.4, 0.5) is 0 Å². The normalized spacial score (nSPS) is 28.2. The number of rotatable bonds is 2. The summed E-state index contributed by atoms with van der Waals surface area (Å²) in [5.74, 6) is 0.906. The Labute approximate surface area is 57.7 Å². The number of thiol groups is 1. The van der Waals surface area contributed by atoms with Crippen molar-refractivity contribution in [1.82, 2.24) is 0 Å². The van der Waals surface area contributed by atoms with Gasteiger partial charge in [0, 0.05) is 12.5 Å². The van der Waals surface area contributed by atoms with Gasteiger partial charge in [-0.1, -0.05) is 0 Å². The second-order valence-corrected chi connectivity index (χ2v) is 3.24. The number of hydrogen-bond donors (Lipinski definition) is 1. The molecule has 1 aliphatic rings. The molecule has 1 rings (SSSR count). The molecule has 2 nitrogen and oxygen atoms in total. The van der Waals surface area contributed by atoms with Crippen LogP contribution in [0, 0.1) is 0 Å². The molecule has 0 spiro atoms. The molecule has 0 radical (unpaired) electrons. The van der Waals surface area contributed by atoms with E-state index in [1.54, 1.807) is 14.2 Å². The topological polar surface area (TPSA) is 18.5 Å². The van der Waals surface area contributed by atoms with Crippen LogP contribution in [0.25, 0.3) is 0 Å². The van der Waals surface area contributed by atoms with Crippen LogP contribution >= 0.6 is 11.2 Å². The fraction of sp³-hybridized carbons (Fsp3) is 0.333. The van der Waals surface area contributed by atoms with E-state index in [1.165, 1.54) is 0 Å². The number of allylic oxidation sites excluding steroid dienone is 1. The summed E-state index contributed by atoms with van der Waals surface area (Å²) >= 11 is -0.456. The minimum Gasteiger partial charge on any atom is -0.496 e. The fourth-order valence-electron chi connectivity index (χ4n) is 0.593. The molecular weight excluding hydrogens is 136 g/mol. The summed E-state index contributed by atoms with van der Waals surface area (Å²) in [6.45, 7) is 0. The first-order valence-electron chi connectivity index (χ1n) is 2.63. The van der Waals surface area contributed by atoms with Gasteiger partial charge in [-0.05, 0) is 11.5 Å². The summed E-state index contributed by atoms with van der Waals surface area (Å²) < 4.78 is 10.0. The van der Waals surface area contributed by atoms with Crippen LogP contribution in [0.1, 0.15) is 0 Å². The van der Waals surface area contributed by atoms with Crippen LogP contribution in [0.15, 0.2) is 22.7 Å². The predicted octanol–water partition coefficient (Wildman–Crippen LogP) is 1.56. The van der Waals surface area contributed by atoms with Gasteiger partial charge < -0.3 is 8.92 Å². The van der Waals surface area contributed by atoms with Crippen molar-refractivity contribution in [3.8, 4) is 0 Å². The molecule has 0 amide bonds. The molecule has 1 atom stereocenters. The van der Waals surface area contributed by atoms with E-state index in [0.717, 1.165) is 5.76 Å². The van der Waals surface area contributed by atoms with E-state index >= 15 is 0 Å². The molecule has 0 bridgehead atoms. The molecule has 3 heteroatoms. The highest BCUT2D eigenvalue weighted by Gasteiger charge is 2.02. The molecule has 1 aliphatic heterocycles. The summed E-state index contributed by atoms with van der Waals surface area (Å²) in [6.07, 6.45) is 1.93. The smallest absolute Gasteiger partial charge is 0.126 e. The Balaban J connectivity index is 2.52. The standard InChI is InChI=1S/C6H10O2S/c1-7-6-3-4-9(5-6)8-2/h3-5,9H,1-2H3. The Bertz CT molecular complexity index is 151. The molecule has 0 aromatic rings. The second-order valence-electron chi connectivity index (χ2n) is 1.59. The highest BCUT2D eigenvalue weighted by Crippen LogP contribution is 2.35. The van der Waals surface area contributed by atoms with E-state index in [-0.39, 0.29) is 0 Å². The molecule has 1 unspecified atom stereocenters. The van der Waals surface area contributed by atoms with Crippen molar-refractivity contribution in [3.63, 3.8) is 0 Å². The second kappa shape index (κ2) is 2.94. The minimum absolute atomic E-state index is 0.456. The van der Waals surface area contributed by atoms with Gasteiger partial charge in [0.2, 0.25) is 0 Å². The van der Waals surface area contributed by atoms with Crippen molar-refractivity contribution >= 4 is 11.2 Å². The van der Waals surface area contributed by atoms with Crippen LogP contribution in [0.3, 0.4) is 0 Å². The lowest BCUT2D eigenvalue weighted by molar-refractivity contribution is 0.308.